The zero-order chi connectivity index (χ0) is 20.7. The van der Waals surface area contributed by atoms with Crippen molar-refractivity contribution >= 4 is 11.0 Å². The van der Waals surface area contributed by atoms with Gasteiger partial charge in [-0.05, 0) is 56.3 Å². The first kappa shape index (κ1) is 19.7. The lowest BCUT2D eigenvalue weighted by molar-refractivity contribution is -0.188. The summed E-state index contributed by atoms with van der Waals surface area (Å²) in [5.41, 5.74) is -0.479. The molecule has 1 heterocycles. The van der Waals surface area contributed by atoms with E-state index in [-0.39, 0.29) is 22.7 Å². The Balaban J connectivity index is 2.40. The SMILES string of the molecule is CNC(c1nc2cc(C#N)ccc2[nH]1)(c1c(C)cc(C)cc1OC)C(F)(F)F. The van der Waals surface area contributed by atoms with E-state index < -0.39 is 11.7 Å². The van der Waals surface area contributed by atoms with Gasteiger partial charge in [0.05, 0.1) is 29.8 Å². The Morgan fingerprint density at radius 2 is 1.89 bits per heavy atom. The number of nitriles is 1. The molecule has 2 aromatic carbocycles. The molecule has 0 aliphatic heterocycles. The molecule has 0 bridgehead atoms. The van der Waals surface area contributed by atoms with Crippen LogP contribution < -0.4 is 10.1 Å². The van der Waals surface area contributed by atoms with Crippen LogP contribution in [-0.4, -0.2) is 30.3 Å². The number of nitrogens with one attached hydrogen (secondary N) is 2. The summed E-state index contributed by atoms with van der Waals surface area (Å²) in [7, 11) is 2.58. The molecule has 0 radical (unpaired) electrons. The summed E-state index contributed by atoms with van der Waals surface area (Å²) in [6.45, 7) is 3.40. The van der Waals surface area contributed by atoms with Gasteiger partial charge in [-0.15, -0.1) is 0 Å². The highest BCUT2D eigenvalue weighted by Gasteiger charge is 2.60. The number of methoxy groups -OCH3 is 1. The molecule has 3 rings (SSSR count). The minimum absolute atomic E-state index is 0.0600. The van der Waals surface area contributed by atoms with Crippen LogP contribution in [0.25, 0.3) is 11.0 Å². The Labute approximate surface area is 160 Å². The molecule has 0 saturated heterocycles. The highest BCUT2D eigenvalue weighted by atomic mass is 19.4. The second kappa shape index (κ2) is 6.84. The van der Waals surface area contributed by atoms with E-state index in [0.29, 0.717) is 16.6 Å². The van der Waals surface area contributed by atoms with E-state index in [1.165, 1.54) is 26.3 Å². The van der Waals surface area contributed by atoms with Crippen molar-refractivity contribution in [2.24, 2.45) is 0 Å². The number of aromatic nitrogens is 2. The Morgan fingerprint density at radius 1 is 1.18 bits per heavy atom. The van der Waals surface area contributed by atoms with E-state index in [4.69, 9.17) is 10.00 Å². The fraction of sp³-hybridized carbons (Fsp3) is 0.300. The monoisotopic (exact) mass is 388 g/mol. The van der Waals surface area contributed by atoms with Gasteiger partial charge in [-0.2, -0.15) is 18.4 Å². The predicted molar refractivity (Wildman–Crippen MR) is 99.2 cm³/mol. The zero-order valence-corrected chi connectivity index (χ0v) is 15.8. The summed E-state index contributed by atoms with van der Waals surface area (Å²) in [6, 6.07) is 9.72. The van der Waals surface area contributed by atoms with Gasteiger partial charge in [0.15, 0.2) is 0 Å². The molecule has 0 aliphatic carbocycles. The Bertz CT molecular complexity index is 1080. The lowest BCUT2D eigenvalue weighted by Crippen LogP contribution is -2.54. The van der Waals surface area contributed by atoms with Crippen molar-refractivity contribution in [3.05, 3.63) is 58.4 Å². The summed E-state index contributed by atoms with van der Waals surface area (Å²) in [5, 5.41) is 11.5. The number of benzene rings is 2. The number of rotatable bonds is 4. The number of aryl methyl sites for hydroxylation is 2. The maximum Gasteiger partial charge on any atom is 0.418 e. The Hall–Kier alpha value is -3.05. The lowest BCUT2D eigenvalue weighted by atomic mass is 9.83. The van der Waals surface area contributed by atoms with Gasteiger partial charge in [0.25, 0.3) is 0 Å². The average molecular weight is 388 g/mol. The van der Waals surface area contributed by atoms with Gasteiger partial charge in [-0.25, -0.2) is 4.98 Å². The van der Waals surface area contributed by atoms with Crippen LogP contribution in [0.1, 0.15) is 28.1 Å². The molecule has 0 aliphatic rings. The maximum atomic E-state index is 14.6. The van der Waals surface area contributed by atoms with Crippen molar-refractivity contribution in [1.82, 2.24) is 15.3 Å². The zero-order valence-electron chi connectivity index (χ0n) is 15.8. The number of alkyl halides is 3. The third-order valence-corrected chi connectivity index (χ3v) is 4.81. The number of halogens is 3. The summed E-state index contributed by atoms with van der Waals surface area (Å²) in [4.78, 5) is 6.98. The van der Waals surface area contributed by atoms with E-state index in [2.05, 4.69) is 15.3 Å². The number of H-pyrrole nitrogens is 1. The summed E-state index contributed by atoms with van der Waals surface area (Å²) >= 11 is 0. The molecule has 28 heavy (non-hydrogen) atoms. The number of ether oxygens (including phenoxy) is 1. The molecule has 3 aromatic rings. The van der Waals surface area contributed by atoms with Crippen LogP contribution in [0.4, 0.5) is 13.2 Å². The molecular formula is C20H19F3N4O. The van der Waals surface area contributed by atoms with Crippen molar-refractivity contribution in [1.29, 1.82) is 5.26 Å². The van der Waals surface area contributed by atoms with Crippen LogP contribution in [0.2, 0.25) is 0 Å². The minimum atomic E-state index is -4.74. The number of hydrogen-bond donors (Lipinski definition) is 2. The van der Waals surface area contributed by atoms with E-state index in [9.17, 15) is 13.2 Å². The van der Waals surface area contributed by atoms with Gasteiger partial charge >= 0.3 is 6.18 Å². The molecule has 1 unspecified atom stereocenters. The fourth-order valence-electron chi connectivity index (χ4n) is 3.60. The molecule has 0 amide bonds. The average Bonchev–Trinajstić information content (AvgIpc) is 3.05. The summed E-state index contributed by atoms with van der Waals surface area (Å²) in [5.74, 6) is -0.208. The smallest absolute Gasteiger partial charge is 0.418 e. The highest BCUT2D eigenvalue weighted by Crippen LogP contribution is 2.48. The maximum absolute atomic E-state index is 14.6. The van der Waals surface area contributed by atoms with Crippen molar-refractivity contribution < 1.29 is 17.9 Å². The predicted octanol–water partition coefficient (Wildman–Crippen LogP) is 4.09. The number of aromatic amines is 1. The van der Waals surface area contributed by atoms with Gasteiger partial charge in [0.1, 0.15) is 11.6 Å². The molecule has 1 atom stereocenters. The van der Waals surface area contributed by atoms with Crippen LogP contribution in [0.3, 0.4) is 0 Å². The van der Waals surface area contributed by atoms with Crippen LogP contribution in [0.15, 0.2) is 30.3 Å². The van der Waals surface area contributed by atoms with Crippen LogP contribution in [0.5, 0.6) is 5.75 Å². The third-order valence-electron chi connectivity index (χ3n) is 4.81. The first-order valence-corrected chi connectivity index (χ1v) is 8.49. The molecule has 0 saturated carbocycles. The number of hydrogen-bond acceptors (Lipinski definition) is 4. The first-order valence-electron chi connectivity index (χ1n) is 8.49. The lowest BCUT2D eigenvalue weighted by Gasteiger charge is -2.36. The number of imidazole rings is 1. The molecule has 0 fully saturated rings. The van der Waals surface area contributed by atoms with Crippen LogP contribution in [0, 0.1) is 25.2 Å². The molecule has 0 spiro atoms. The Morgan fingerprint density at radius 3 is 2.46 bits per heavy atom. The topological polar surface area (TPSA) is 73.7 Å². The molecule has 1 aromatic heterocycles. The number of nitrogens with zero attached hydrogens (tertiary/aromatic N) is 2. The molecule has 5 nitrogen and oxygen atoms in total. The normalized spacial score (nSPS) is 13.9. The fourth-order valence-corrected chi connectivity index (χ4v) is 3.60. The Kier molecular flexibility index (Phi) is 4.81. The highest BCUT2D eigenvalue weighted by molar-refractivity contribution is 5.77. The largest absolute Gasteiger partial charge is 0.496 e. The van der Waals surface area contributed by atoms with E-state index in [0.717, 1.165) is 5.56 Å². The summed E-state index contributed by atoms with van der Waals surface area (Å²) < 4.78 is 49.1. The molecule has 2 N–H and O–H groups in total. The number of fused-ring (bicyclic) bond motifs is 1. The van der Waals surface area contributed by atoms with E-state index >= 15 is 0 Å². The second-order valence-electron chi connectivity index (χ2n) is 6.59. The van der Waals surface area contributed by atoms with Crippen LogP contribution in [-0.2, 0) is 5.54 Å². The van der Waals surface area contributed by atoms with Crippen molar-refractivity contribution in [2.45, 2.75) is 25.6 Å². The third kappa shape index (κ3) is 2.88. The molecule has 146 valence electrons. The van der Waals surface area contributed by atoms with E-state index in [1.807, 2.05) is 6.07 Å². The van der Waals surface area contributed by atoms with Gasteiger partial charge < -0.3 is 9.72 Å². The van der Waals surface area contributed by atoms with Gasteiger partial charge in [-0.3, -0.25) is 5.32 Å². The quantitative estimate of drug-likeness (QED) is 0.706. The van der Waals surface area contributed by atoms with Gasteiger partial charge in [0.2, 0.25) is 5.54 Å². The molecule has 8 heteroatoms. The second-order valence-corrected chi connectivity index (χ2v) is 6.59. The standard InChI is InChI=1S/C20H19F3N4O/c1-11-7-12(2)17(16(8-11)28-4)19(25-3,20(21,22)23)18-26-14-6-5-13(10-24)9-15(14)27-18/h5-9,25H,1-4H3,(H,26,27). The van der Waals surface area contributed by atoms with Crippen LogP contribution >= 0.6 is 0 Å². The van der Waals surface area contributed by atoms with Gasteiger partial charge in [0, 0.05) is 5.56 Å². The first-order chi connectivity index (χ1) is 13.2. The van der Waals surface area contributed by atoms with E-state index in [1.54, 1.807) is 32.0 Å². The van der Waals surface area contributed by atoms with Gasteiger partial charge in [-0.1, -0.05) is 6.07 Å². The van der Waals surface area contributed by atoms with Crippen molar-refractivity contribution in [2.75, 3.05) is 14.2 Å². The molecular weight excluding hydrogens is 369 g/mol. The summed E-state index contributed by atoms with van der Waals surface area (Å²) in [6.07, 6.45) is -4.74. The van der Waals surface area contributed by atoms with Crippen molar-refractivity contribution in [3.8, 4) is 11.8 Å². The van der Waals surface area contributed by atoms with Crippen molar-refractivity contribution in [3.63, 3.8) is 0 Å². The minimum Gasteiger partial charge on any atom is -0.496 e.